The van der Waals surface area contributed by atoms with Gasteiger partial charge in [0, 0.05) is 22.1 Å². The lowest BCUT2D eigenvalue weighted by molar-refractivity contribution is 0.660. The predicted octanol–water partition coefficient (Wildman–Crippen LogP) is 15.1. The van der Waals surface area contributed by atoms with Crippen LogP contribution in [0.25, 0.3) is 55.6 Å². The predicted molar refractivity (Wildman–Crippen MR) is 246 cm³/mol. The van der Waals surface area contributed by atoms with Crippen LogP contribution >= 0.6 is 0 Å². The number of nitrogens with zero attached hydrogens (tertiary/aromatic N) is 1. The summed E-state index contributed by atoms with van der Waals surface area (Å²) in [5.74, 6) is 0. The largest absolute Gasteiger partial charge is 0.309 e. The second-order valence-electron chi connectivity index (χ2n) is 16.7. The molecule has 0 aromatic heterocycles. The van der Waals surface area contributed by atoms with Gasteiger partial charge in [-0.2, -0.15) is 0 Å². The van der Waals surface area contributed by atoms with Crippen molar-refractivity contribution in [3.63, 3.8) is 0 Å². The molecule has 3 aliphatic rings. The number of benzene rings is 9. The van der Waals surface area contributed by atoms with Crippen LogP contribution in [-0.4, -0.2) is 0 Å². The van der Waals surface area contributed by atoms with Gasteiger partial charge in [0.15, 0.2) is 0 Å². The Labute approximate surface area is 346 Å². The first kappa shape index (κ1) is 33.9. The van der Waals surface area contributed by atoms with Crippen molar-refractivity contribution < 1.29 is 0 Å². The van der Waals surface area contributed by atoms with Gasteiger partial charge in [0.05, 0.1) is 22.5 Å². The van der Waals surface area contributed by atoms with E-state index in [9.17, 15) is 0 Å². The molecule has 0 heterocycles. The van der Waals surface area contributed by atoms with Crippen LogP contribution in [0, 0.1) is 0 Å². The monoisotopic (exact) mass is 751 g/mol. The molecule has 9 aromatic rings. The molecular formula is C58H41N. The summed E-state index contributed by atoms with van der Waals surface area (Å²) in [6.07, 6.45) is 0. The Morgan fingerprint density at radius 3 is 1.34 bits per heavy atom. The molecule has 0 atom stereocenters. The number of anilines is 3. The smallest absolute Gasteiger partial charge is 0.0746 e. The lowest BCUT2D eigenvalue weighted by Crippen LogP contribution is -2.28. The number of fused-ring (bicyclic) bond motifs is 13. The molecule has 3 aliphatic carbocycles. The lowest BCUT2D eigenvalue weighted by Gasteiger charge is -2.37. The van der Waals surface area contributed by atoms with Crippen LogP contribution in [0.5, 0.6) is 0 Å². The second kappa shape index (κ2) is 12.6. The molecule has 278 valence electrons. The SMILES string of the molecule is CC1(C)c2ccccc2-c2c(-c3ccccc3N(c3ccccc3-c3ccccc3)c3cccc4c3C3(c5ccccc5-c5ccccc53)c3ccccc3-4)cccc21. The molecule has 0 N–H and O–H groups in total. The van der Waals surface area contributed by atoms with E-state index >= 15 is 0 Å². The summed E-state index contributed by atoms with van der Waals surface area (Å²) in [5, 5.41) is 0. The van der Waals surface area contributed by atoms with Crippen molar-refractivity contribution in [2.75, 3.05) is 4.90 Å². The first-order valence-corrected chi connectivity index (χ1v) is 20.8. The molecule has 0 unspecified atom stereocenters. The summed E-state index contributed by atoms with van der Waals surface area (Å²) in [4.78, 5) is 2.60. The van der Waals surface area contributed by atoms with E-state index in [1.54, 1.807) is 0 Å². The number of rotatable bonds is 5. The van der Waals surface area contributed by atoms with Crippen LogP contribution in [-0.2, 0) is 10.8 Å². The molecule has 1 heteroatoms. The molecule has 0 radical (unpaired) electrons. The third kappa shape index (κ3) is 4.56. The van der Waals surface area contributed by atoms with Crippen molar-refractivity contribution >= 4 is 17.1 Å². The van der Waals surface area contributed by atoms with Crippen LogP contribution < -0.4 is 4.90 Å². The van der Waals surface area contributed by atoms with E-state index in [4.69, 9.17) is 0 Å². The highest BCUT2D eigenvalue weighted by Gasteiger charge is 2.53. The molecule has 0 saturated carbocycles. The van der Waals surface area contributed by atoms with E-state index in [1.165, 1.54) is 94.7 Å². The van der Waals surface area contributed by atoms with Gasteiger partial charge < -0.3 is 4.90 Å². The third-order valence-electron chi connectivity index (χ3n) is 13.5. The van der Waals surface area contributed by atoms with E-state index in [2.05, 4.69) is 231 Å². The molecule has 12 rings (SSSR count). The molecule has 0 bridgehead atoms. The zero-order valence-corrected chi connectivity index (χ0v) is 33.2. The second-order valence-corrected chi connectivity index (χ2v) is 16.7. The lowest BCUT2D eigenvalue weighted by atomic mass is 9.70. The summed E-state index contributed by atoms with van der Waals surface area (Å²) < 4.78 is 0. The zero-order chi connectivity index (χ0) is 39.3. The Morgan fingerprint density at radius 2 is 0.695 bits per heavy atom. The Hall–Kier alpha value is -7.22. The Morgan fingerprint density at radius 1 is 0.288 bits per heavy atom. The normalized spacial score (nSPS) is 14.2. The Kier molecular flexibility index (Phi) is 7.26. The van der Waals surface area contributed by atoms with Crippen LogP contribution in [0.2, 0.25) is 0 Å². The molecule has 59 heavy (non-hydrogen) atoms. The van der Waals surface area contributed by atoms with Gasteiger partial charge in [-0.15, -0.1) is 0 Å². The van der Waals surface area contributed by atoms with Gasteiger partial charge in [-0.3, -0.25) is 0 Å². The standard InChI is InChI=1S/C58H41N/c1-57(2)47-30-12-9-27-46(47)55-44(28-18-34-51(55)57)43-26-11-17-36-53(43)59(52-35-16-10-22-39(52)38-20-4-3-5-21-38)54-37-19-29-45-42-25-8-15-33-50(42)58(56(45)54)48-31-13-6-23-40(48)41-24-7-14-32-49(41)58/h3-37H,1-2H3. The summed E-state index contributed by atoms with van der Waals surface area (Å²) in [5.41, 5.74) is 23.6. The first-order valence-electron chi connectivity index (χ1n) is 20.8. The number of para-hydroxylation sites is 2. The minimum absolute atomic E-state index is 0.113. The maximum atomic E-state index is 2.60. The average Bonchev–Trinajstić information content (AvgIpc) is 3.86. The fourth-order valence-corrected chi connectivity index (χ4v) is 11.1. The van der Waals surface area contributed by atoms with Crippen molar-refractivity contribution in [1.29, 1.82) is 0 Å². The molecule has 1 nitrogen and oxygen atoms in total. The highest BCUT2D eigenvalue weighted by molar-refractivity contribution is 6.04. The summed E-state index contributed by atoms with van der Waals surface area (Å²) in [6, 6.07) is 79.3. The summed E-state index contributed by atoms with van der Waals surface area (Å²) in [6.45, 7) is 4.74. The highest BCUT2D eigenvalue weighted by atomic mass is 15.2. The Balaban J connectivity index is 1.21. The van der Waals surface area contributed by atoms with Crippen LogP contribution in [0.15, 0.2) is 212 Å². The fourth-order valence-electron chi connectivity index (χ4n) is 11.1. The van der Waals surface area contributed by atoms with Gasteiger partial charge in [0.1, 0.15) is 0 Å². The topological polar surface area (TPSA) is 3.24 Å². The maximum Gasteiger partial charge on any atom is 0.0746 e. The molecule has 0 amide bonds. The van der Waals surface area contributed by atoms with Gasteiger partial charge in [-0.1, -0.05) is 208 Å². The number of hydrogen-bond donors (Lipinski definition) is 0. The molecule has 0 saturated heterocycles. The van der Waals surface area contributed by atoms with Crippen molar-refractivity contribution in [3.8, 4) is 55.6 Å². The highest BCUT2D eigenvalue weighted by Crippen LogP contribution is 2.66. The molecule has 1 spiro atoms. The zero-order valence-electron chi connectivity index (χ0n) is 33.2. The first-order chi connectivity index (χ1) is 29.1. The fraction of sp³-hybridized carbons (Fsp3) is 0.0690. The van der Waals surface area contributed by atoms with Crippen LogP contribution in [0.1, 0.15) is 47.2 Å². The van der Waals surface area contributed by atoms with Crippen LogP contribution in [0.4, 0.5) is 17.1 Å². The van der Waals surface area contributed by atoms with Crippen molar-refractivity contribution in [2.45, 2.75) is 24.7 Å². The van der Waals surface area contributed by atoms with E-state index in [1.807, 2.05) is 0 Å². The van der Waals surface area contributed by atoms with E-state index < -0.39 is 5.41 Å². The minimum atomic E-state index is -0.526. The van der Waals surface area contributed by atoms with Gasteiger partial charge >= 0.3 is 0 Å². The minimum Gasteiger partial charge on any atom is -0.309 e. The number of hydrogen-bond acceptors (Lipinski definition) is 1. The van der Waals surface area contributed by atoms with Gasteiger partial charge in [-0.25, -0.2) is 0 Å². The molecule has 0 aliphatic heterocycles. The summed E-state index contributed by atoms with van der Waals surface area (Å²) in [7, 11) is 0. The van der Waals surface area contributed by atoms with Crippen molar-refractivity contribution in [2.24, 2.45) is 0 Å². The van der Waals surface area contributed by atoms with E-state index in [0.717, 1.165) is 11.4 Å². The third-order valence-corrected chi connectivity index (χ3v) is 13.5. The van der Waals surface area contributed by atoms with Gasteiger partial charge in [-0.05, 0) is 90.5 Å². The molecule has 0 fully saturated rings. The maximum absolute atomic E-state index is 2.60. The van der Waals surface area contributed by atoms with E-state index in [0.29, 0.717) is 0 Å². The van der Waals surface area contributed by atoms with Gasteiger partial charge in [0.2, 0.25) is 0 Å². The average molecular weight is 752 g/mol. The van der Waals surface area contributed by atoms with Crippen LogP contribution in [0.3, 0.4) is 0 Å². The van der Waals surface area contributed by atoms with E-state index in [-0.39, 0.29) is 5.41 Å². The van der Waals surface area contributed by atoms with Crippen molar-refractivity contribution in [3.05, 3.63) is 246 Å². The summed E-state index contributed by atoms with van der Waals surface area (Å²) >= 11 is 0. The quantitative estimate of drug-likeness (QED) is 0.169. The molecule has 9 aromatic carbocycles. The molecular weight excluding hydrogens is 711 g/mol. The van der Waals surface area contributed by atoms with Crippen molar-refractivity contribution in [1.82, 2.24) is 0 Å². The Bertz CT molecular complexity index is 3090. The van der Waals surface area contributed by atoms with Gasteiger partial charge in [0.25, 0.3) is 0 Å².